The number of amides is 1. The summed E-state index contributed by atoms with van der Waals surface area (Å²) in [5, 5.41) is 10.5. The second kappa shape index (κ2) is 7.95. The number of fused-ring (bicyclic) bond motifs is 1. The van der Waals surface area contributed by atoms with E-state index >= 15 is 0 Å². The van der Waals surface area contributed by atoms with Crippen LogP contribution in [0.15, 0.2) is 36.5 Å². The number of alkyl carbamates (subject to hydrolysis) is 1. The van der Waals surface area contributed by atoms with Crippen LogP contribution in [0.5, 0.6) is 0 Å². The summed E-state index contributed by atoms with van der Waals surface area (Å²) in [7, 11) is 1.28. The molecule has 4 rings (SSSR count). The smallest absolute Gasteiger partial charge is 0.407 e. The van der Waals surface area contributed by atoms with E-state index in [9.17, 15) is 9.59 Å². The van der Waals surface area contributed by atoms with E-state index in [2.05, 4.69) is 20.4 Å². The third kappa shape index (κ3) is 3.69. The Hall–Kier alpha value is -2.98. The molecule has 2 saturated heterocycles. The first-order chi connectivity index (χ1) is 13.7. The molecule has 0 radical (unpaired) electrons. The van der Waals surface area contributed by atoms with Gasteiger partial charge < -0.3 is 24.3 Å². The summed E-state index contributed by atoms with van der Waals surface area (Å²) in [5.74, 6) is -0.564. The SMILES string of the molecule is COC(=O)c1cn([C@H]2CO[C@H]3[C@@H]2OC[C@H]3OC(=O)NCc2ccccc2)nn1. The van der Waals surface area contributed by atoms with Crippen molar-refractivity contribution in [2.45, 2.75) is 30.9 Å². The molecular formula is C18H20N4O6. The van der Waals surface area contributed by atoms with Gasteiger partial charge in [0.2, 0.25) is 0 Å². The normalized spacial score (nSPS) is 25.9. The minimum Gasteiger partial charge on any atom is -0.464 e. The highest BCUT2D eigenvalue weighted by atomic mass is 16.6. The Morgan fingerprint density at radius 3 is 2.79 bits per heavy atom. The quantitative estimate of drug-likeness (QED) is 0.745. The zero-order valence-corrected chi connectivity index (χ0v) is 15.2. The highest BCUT2D eigenvalue weighted by Gasteiger charge is 2.50. The number of benzene rings is 1. The molecule has 2 aromatic rings. The summed E-state index contributed by atoms with van der Waals surface area (Å²) < 4.78 is 23.2. The maximum Gasteiger partial charge on any atom is 0.407 e. The molecule has 0 spiro atoms. The van der Waals surface area contributed by atoms with Gasteiger partial charge in [-0.05, 0) is 5.56 Å². The molecule has 2 aliphatic heterocycles. The monoisotopic (exact) mass is 388 g/mol. The maximum atomic E-state index is 12.1. The van der Waals surface area contributed by atoms with Crippen molar-refractivity contribution >= 4 is 12.1 Å². The van der Waals surface area contributed by atoms with Gasteiger partial charge in [-0.1, -0.05) is 35.5 Å². The van der Waals surface area contributed by atoms with Crippen molar-refractivity contribution in [3.05, 3.63) is 47.8 Å². The van der Waals surface area contributed by atoms with Gasteiger partial charge in [0.1, 0.15) is 18.2 Å². The van der Waals surface area contributed by atoms with Gasteiger partial charge in [-0.15, -0.1) is 5.10 Å². The standard InChI is InChI=1S/C18H20N4O6/c1-25-17(23)12-8-22(21-20-12)13-9-26-16-14(10-27-15(13)16)28-18(24)19-7-11-5-3-2-4-6-11/h2-6,8,13-16H,7,9-10H2,1H3,(H,19,24)/t13-,14+,15+,16+/m0/s1. The first-order valence-corrected chi connectivity index (χ1v) is 8.87. The van der Waals surface area contributed by atoms with E-state index in [1.165, 1.54) is 18.0 Å². The Labute approximate surface area is 160 Å². The van der Waals surface area contributed by atoms with Crippen LogP contribution in [0, 0.1) is 0 Å². The molecule has 1 aromatic carbocycles. The molecule has 10 heteroatoms. The third-order valence-corrected chi connectivity index (χ3v) is 4.76. The fraction of sp³-hybridized carbons (Fsp3) is 0.444. The van der Waals surface area contributed by atoms with Gasteiger partial charge in [0.05, 0.1) is 26.5 Å². The Balaban J connectivity index is 1.33. The van der Waals surface area contributed by atoms with E-state index in [0.29, 0.717) is 13.2 Å². The van der Waals surface area contributed by atoms with Crippen LogP contribution < -0.4 is 5.32 Å². The summed E-state index contributed by atoms with van der Waals surface area (Å²) in [5.41, 5.74) is 1.09. The average Bonchev–Trinajstić information content (AvgIpc) is 3.44. The molecule has 2 aliphatic rings. The van der Waals surface area contributed by atoms with E-state index < -0.39 is 24.3 Å². The maximum absolute atomic E-state index is 12.1. The molecule has 1 amide bonds. The number of esters is 1. The molecule has 3 heterocycles. The molecule has 0 aliphatic carbocycles. The van der Waals surface area contributed by atoms with Crippen LogP contribution in [-0.4, -0.2) is 65.7 Å². The topological polar surface area (TPSA) is 114 Å². The molecule has 1 N–H and O–H groups in total. The minimum absolute atomic E-state index is 0.108. The fourth-order valence-corrected chi connectivity index (χ4v) is 3.36. The van der Waals surface area contributed by atoms with Gasteiger partial charge >= 0.3 is 12.1 Å². The van der Waals surface area contributed by atoms with Crippen LogP contribution in [0.4, 0.5) is 4.79 Å². The number of methoxy groups -OCH3 is 1. The minimum atomic E-state index is -0.564. The Bertz CT molecular complexity index is 842. The lowest BCUT2D eigenvalue weighted by Crippen LogP contribution is -2.36. The van der Waals surface area contributed by atoms with Gasteiger partial charge in [-0.2, -0.15) is 0 Å². The molecule has 0 bridgehead atoms. The third-order valence-electron chi connectivity index (χ3n) is 4.76. The highest BCUT2D eigenvalue weighted by Crippen LogP contribution is 2.35. The fourth-order valence-electron chi connectivity index (χ4n) is 3.36. The number of hydrogen-bond donors (Lipinski definition) is 1. The van der Waals surface area contributed by atoms with Crippen LogP contribution in [0.2, 0.25) is 0 Å². The lowest BCUT2D eigenvalue weighted by Gasteiger charge is -2.17. The number of rotatable bonds is 5. The van der Waals surface area contributed by atoms with Gasteiger partial charge in [-0.25, -0.2) is 14.3 Å². The van der Waals surface area contributed by atoms with Crippen molar-refractivity contribution < 1.29 is 28.5 Å². The molecule has 148 valence electrons. The van der Waals surface area contributed by atoms with Crippen molar-refractivity contribution in [1.82, 2.24) is 20.3 Å². The molecule has 0 unspecified atom stereocenters. The lowest BCUT2D eigenvalue weighted by molar-refractivity contribution is 0.00287. The zero-order chi connectivity index (χ0) is 19.5. The van der Waals surface area contributed by atoms with Crippen molar-refractivity contribution in [3.8, 4) is 0 Å². The van der Waals surface area contributed by atoms with Crippen LogP contribution in [0.1, 0.15) is 22.1 Å². The van der Waals surface area contributed by atoms with Crippen molar-refractivity contribution in [1.29, 1.82) is 0 Å². The molecular weight excluding hydrogens is 368 g/mol. The second-order valence-corrected chi connectivity index (χ2v) is 6.52. The molecule has 0 saturated carbocycles. The van der Waals surface area contributed by atoms with E-state index in [4.69, 9.17) is 14.2 Å². The number of carbonyl (C=O) groups excluding carboxylic acids is 2. The van der Waals surface area contributed by atoms with Gasteiger partial charge in [0.15, 0.2) is 11.8 Å². The highest BCUT2D eigenvalue weighted by molar-refractivity contribution is 5.86. The summed E-state index contributed by atoms with van der Waals surface area (Å²) in [4.78, 5) is 23.6. The number of aromatic nitrogens is 3. The molecule has 4 atom stereocenters. The van der Waals surface area contributed by atoms with E-state index in [1.807, 2.05) is 30.3 Å². The number of carbonyl (C=O) groups is 2. The number of ether oxygens (including phenoxy) is 4. The number of hydrogen-bond acceptors (Lipinski definition) is 8. The second-order valence-electron chi connectivity index (χ2n) is 6.52. The number of nitrogens with zero attached hydrogens (tertiary/aromatic N) is 3. The van der Waals surface area contributed by atoms with E-state index in [1.54, 1.807) is 0 Å². The summed E-state index contributed by atoms with van der Waals surface area (Å²) in [6.07, 6.45) is -0.308. The van der Waals surface area contributed by atoms with E-state index in [-0.39, 0.29) is 24.4 Å². The predicted octanol–water partition coefficient (Wildman–Crippen LogP) is 0.698. The van der Waals surface area contributed by atoms with Crippen molar-refractivity contribution in [2.24, 2.45) is 0 Å². The lowest BCUT2D eigenvalue weighted by atomic mass is 10.1. The Morgan fingerprint density at radius 1 is 1.21 bits per heavy atom. The summed E-state index contributed by atoms with van der Waals surface area (Å²) in [6.45, 7) is 0.911. The molecule has 10 nitrogen and oxygen atoms in total. The van der Waals surface area contributed by atoms with Gasteiger partial charge in [0.25, 0.3) is 0 Å². The Morgan fingerprint density at radius 2 is 2.00 bits per heavy atom. The van der Waals surface area contributed by atoms with Gasteiger partial charge in [-0.3, -0.25) is 0 Å². The zero-order valence-electron chi connectivity index (χ0n) is 15.2. The summed E-state index contributed by atoms with van der Waals surface area (Å²) in [6, 6.07) is 9.28. The first-order valence-electron chi connectivity index (χ1n) is 8.87. The predicted molar refractivity (Wildman–Crippen MR) is 93.4 cm³/mol. The number of nitrogens with one attached hydrogen (secondary N) is 1. The van der Waals surface area contributed by atoms with Crippen LogP contribution in [0.3, 0.4) is 0 Å². The van der Waals surface area contributed by atoms with Crippen molar-refractivity contribution in [2.75, 3.05) is 20.3 Å². The van der Waals surface area contributed by atoms with Crippen LogP contribution >= 0.6 is 0 Å². The summed E-state index contributed by atoms with van der Waals surface area (Å²) >= 11 is 0. The Kier molecular flexibility index (Phi) is 5.22. The largest absolute Gasteiger partial charge is 0.464 e. The van der Waals surface area contributed by atoms with Crippen LogP contribution in [-0.2, 0) is 25.5 Å². The first kappa shape index (κ1) is 18.4. The molecule has 28 heavy (non-hydrogen) atoms. The molecule has 2 fully saturated rings. The van der Waals surface area contributed by atoms with E-state index in [0.717, 1.165) is 5.56 Å². The van der Waals surface area contributed by atoms with Crippen molar-refractivity contribution in [3.63, 3.8) is 0 Å². The average molecular weight is 388 g/mol. The van der Waals surface area contributed by atoms with Crippen LogP contribution in [0.25, 0.3) is 0 Å². The molecule has 1 aromatic heterocycles. The van der Waals surface area contributed by atoms with Gasteiger partial charge in [0, 0.05) is 6.54 Å².